The van der Waals surface area contributed by atoms with Gasteiger partial charge in [0.2, 0.25) is 0 Å². The second-order valence-electron chi connectivity index (χ2n) is 11.8. The summed E-state index contributed by atoms with van der Waals surface area (Å²) in [6.45, 7) is 0. The van der Waals surface area contributed by atoms with Crippen LogP contribution in [0.3, 0.4) is 0 Å². The SMILES string of the molecule is O=S(=O)([O-])c1cc(S(=O)(=O)[O-])c2c(N=Nc3ccc(C(c4ccc(N=Nc5ccc(O)cc5)cc4)C4CCCCC4)cc3)c(O)ccc2c1.[Na+].[Na+]. The minimum atomic E-state index is -5.29. The van der Waals surface area contributed by atoms with E-state index in [1.807, 2.05) is 36.4 Å². The molecule has 2 N–H and O–H groups in total. The van der Waals surface area contributed by atoms with Crippen LogP contribution in [0.15, 0.2) is 127 Å². The second kappa shape index (κ2) is 17.2. The van der Waals surface area contributed by atoms with Gasteiger partial charge in [-0.15, -0.1) is 5.11 Å². The molecule has 5 aromatic carbocycles. The van der Waals surface area contributed by atoms with Crippen molar-refractivity contribution in [2.75, 3.05) is 0 Å². The molecule has 5 aromatic rings. The van der Waals surface area contributed by atoms with E-state index in [4.69, 9.17) is 0 Å². The second-order valence-corrected chi connectivity index (χ2v) is 14.6. The molecule has 0 spiro atoms. The molecule has 51 heavy (non-hydrogen) atoms. The van der Waals surface area contributed by atoms with E-state index in [2.05, 4.69) is 20.5 Å². The Kier molecular flexibility index (Phi) is 13.7. The summed E-state index contributed by atoms with van der Waals surface area (Å²) in [5.74, 6) is 0.155. The predicted molar refractivity (Wildman–Crippen MR) is 179 cm³/mol. The van der Waals surface area contributed by atoms with Crippen LogP contribution < -0.4 is 59.1 Å². The zero-order chi connectivity index (χ0) is 34.8. The minimum Gasteiger partial charge on any atom is -0.744 e. The van der Waals surface area contributed by atoms with E-state index in [-0.39, 0.29) is 87.2 Å². The van der Waals surface area contributed by atoms with Crippen molar-refractivity contribution in [3.05, 3.63) is 108 Å². The van der Waals surface area contributed by atoms with Crippen molar-refractivity contribution >= 4 is 53.8 Å². The Morgan fingerprint density at radius 3 is 1.59 bits per heavy atom. The van der Waals surface area contributed by atoms with Crippen LogP contribution in [0.1, 0.15) is 49.1 Å². The van der Waals surface area contributed by atoms with Gasteiger partial charge in [-0.2, -0.15) is 15.3 Å². The number of rotatable bonds is 9. The Morgan fingerprint density at radius 2 is 1.10 bits per heavy atom. The fourth-order valence-electron chi connectivity index (χ4n) is 6.26. The van der Waals surface area contributed by atoms with E-state index < -0.39 is 35.8 Å². The van der Waals surface area contributed by atoms with Gasteiger partial charge >= 0.3 is 59.1 Å². The van der Waals surface area contributed by atoms with Crippen molar-refractivity contribution < 1.29 is 95.3 Å². The fourth-order valence-corrected chi connectivity index (χ4v) is 7.60. The largest absolute Gasteiger partial charge is 1.00 e. The average Bonchev–Trinajstić information content (AvgIpc) is 3.08. The monoisotopic (exact) mass is 744 g/mol. The van der Waals surface area contributed by atoms with Gasteiger partial charge in [-0.05, 0) is 102 Å². The summed E-state index contributed by atoms with van der Waals surface area (Å²) >= 11 is 0. The van der Waals surface area contributed by atoms with Gasteiger partial charge in [0.15, 0.2) is 0 Å². The van der Waals surface area contributed by atoms with E-state index >= 15 is 0 Å². The van der Waals surface area contributed by atoms with Crippen LogP contribution in [0, 0.1) is 5.92 Å². The third-order valence-electron chi connectivity index (χ3n) is 8.59. The Morgan fingerprint density at radius 1 is 0.608 bits per heavy atom. The van der Waals surface area contributed by atoms with Crippen molar-refractivity contribution in [2.24, 2.45) is 26.4 Å². The van der Waals surface area contributed by atoms with Crippen LogP contribution in [-0.2, 0) is 20.2 Å². The summed E-state index contributed by atoms with van der Waals surface area (Å²) in [4.78, 5) is -1.91. The van der Waals surface area contributed by atoms with Crippen LogP contribution >= 0.6 is 0 Å². The molecule has 12 nitrogen and oxygen atoms in total. The van der Waals surface area contributed by atoms with E-state index in [0.717, 1.165) is 48.9 Å². The maximum Gasteiger partial charge on any atom is 1.00 e. The van der Waals surface area contributed by atoms with Gasteiger partial charge in [0.1, 0.15) is 37.4 Å². The van der Waals surface area contributed by atoms with Crippen molar-refractivity contribution in [3.63, 3.8) is 0 Å². The number of nitrogens with zero attached hydrogens (tertiary/aromatic N) is 4. The molecule has 1 fully saturated rings. The number of hydrogen-bond donors (Lipinski definition) is 2. The zero-order valence-corrected chi connectivity index (χ0v) is 33.5. The molecule has 1 aliphatic carbocycles. The van der Waals surface area contributed by atoms with Gasteiger partial charge in [0.05, 0.1) is 26.9 Å². The Balaban J connectivity index is 0.00000292. The topological polar surface area (TPSA) is 204 Å². The molecule has 1 aliphatic rings. The van der Waals surface area contributed by atoms with E-state index in [1.165, 1.54) is 12.5 Å². The first-order chi connectivity index (χ1) is 23.4. The van der Waals surface area contributed by atoms with Crippen LogP contribution in [0.2, 0.25) is 0 Å². The summed E-state index contributed by atoms with van der Waals surface area (Å²) < 4.78 is 71.2. The number of hydrogen-bond acceptors (Lipinski definition) is 12. The van der Waals surface area contributed by atoms with Crippen LogP contribution in [0.4, 0.5) is 22.7 Å². The van der Waals surface area contributed by atoms with E-state index in [0.29, 0.717) is 29.0 Å². The summed E-state index contributed by atoms with van der Waals surface area (Å²) in [5, 5.41) is 36.4. The van der Waals surface area contributed by atoms with Gasteiger partial charge in [-0.3, -0.25) is 0 Å². The molecule has 1 saturated carbocycles. The third-order valence-corrected chi connectivity index (χ3v) is 10.3. The first-order valence-corrected chi connectivity index (χ1v) is 18.2. The maximum atomic E-state index is 12.1. The molecule has 16 heteroatoms. The number of azo groups is 2. The van der Waals surface area contributed by atoms with Crippen LogP contribution in [0.25, 0.3) is 10.8 Å². The van der Waals surface area contributed by atoms with Crippen molar-refractivity contribution in [3.8, 4) is 11.5 Å². The van der Waals surface area contributed by atoms with Crippen LogP contribution in [-0.4, -0.2) is 36.2 Å². The number of benzene rings is 5. The molecule has 0 aromatic heterocycles. The summed E-state index contributed by atoms with van der Waals surface area (Å²) in [6.07, 6.45) is 5.64. The Labute approximate surface area is 339 Å². The molecule has 252 valence electrons. The molecule has 0 bridgehead atoms. The molecule has 0 amide bonds. The summed E-state index contributed by atoms with van der Waals surface area (Å²) in [5.41, 5.74) is 3.49. The average molecular weight is 745 g/mol. The Hall–Kier alpha value is -3.02. The molecule has 1 unspecified atom stereocenters. The molecule has 0 saturated heterocycles. The Bertz CT molecular complexity index is 2280. The van der Waals surface area contributed by atoms with Crippen molar-refractivity contribution in [1.29, 1.82) is 0 Å². The quantitative estimate of drug-likeness (QED) is 0.130. The smallest absolute Gasteiger partial charge is 0.744 e. The third kappa shape index (κ3) is 9.90. The van der Waals surface area contributed by atoms with E-state index in [9.17, 15) is 36.2 Å². The number of aromatic hydroxyl groups is 2. The minimum absolute atomic E-state index is 0. The standard InChI is InChI=1S/C35H32N4O8S2.2Na/c40-29-17-15-28(16-18-29)37-36-26-11-6-23(7-12-26)33(22-4-2-1-3-5-22)24-8-13-27(14-9-24)38-39-35-31(41)19-10-25-20-30(48(42,43)44)21-32(34(25)35)49(45,46)47;;/h6-22,33,40-41H,1-5H2,(H,42,43,44)(H,45,46,47);;/q;2*+1/p-2. The molecular weight excluding hydrogens is 715 g/mol. The zero-order valence-electron chi connectivity index (χ0n) is 27.9. The predicted octanol–water partition coefficient (Wildman–Crippen LogP) is 2.61. The van der Waals surface area contributed by atoms with Gasteiger partial charge in [-0.25, -0.2) is 16.8 Å². The molecular formula is C35H30N4Na2O8S2. The van der Waals surface area contributed by atoms with Crippen molar-refractivity contribution in [2.45, 2.75) is 47.8 Å². The van der Waals surface area contributed by atoms with Crippen LogP contribution in [0.5, 0.6) is 11.5 Å². The molecule has 0 radical (unpaired) electrons. The molecule has 1 atom stereocenters. The van der Waals surface area contributed by atoms with Gasteiger partial charge in [0, 0.05) is 11.3 Å². The number of fused-ring (bicyclic) bond motifs is 1. The first-order valence-electron chi connectivity index (χ1n) is 15.4. The molecule has 0 aliphatic heterocycles. The summed E-state index contributed by atoms with van der Waals surface area (Å²) in [7, 11) is -10.4. The normalized spacial score (nSPS) is 14.7. The summed E-state index contributed by atoms with van der Waals surface area (Å²) in [6, 6.07) is 25.4. The number of phenols is 2. The van der Waals surface area contributed by atoms with Crippen molar-refractivity contribution in [1.82, 2.24) is 0 Å². The molecule has 6 rings (SSSR count). The fraction of sp³-hybridized carbons (Fsp3) is 0.200. The molecule has 0 heterocycles. The maximum absolute atomic E-state index is 12.1. The number of phenolic OH excluding ortho intramolecular Hbond substituents is 2. The van der Waals surface area contributed by atoms with Gasteiger partial charge in [-0.1, -0.05) is 49.6 Å². The first kappa shape index (κ1) is 40.7. The van der Waals surface area contributed by atoms with Gasteiger partial charge in [0.25, 0.3) is 0 Å². The van der Waals surface area contributed by atoms with Gasteiger partial charge < -0.3 is 19.3 Å². The van der Waals surface area contributed by atoms with E-state index in [1.54, 1.807) is 36.4 Å².